The SMILES string of the molecule is [2H]C([2H])([2H])C([2H])(C(=O)O)C([2H])([2H])CCC(C)CCCC(C)CCCC(C)C. The average molecular weight is 305 g/mol. The van der Waals surface area contributed by atoms with Crippen molar-refractivity contribution in [3.8, 4) is 0 Å². The molecular weight excluding hydrogens is 260 g/mol. The third-order valence-corrected chi connectivity index (χ3v) is 4.03. The minimum Gasteiger partial charge on any atom is -0.481 e. The zero-order chi connectivity index (χ0) is 21.5. The van der Waals surface area contributed by atoms with Crippen LogP contribution in [-0.4, -0.2) is 11.1 Å². The fraction of sp³-hybridized carbons (Fsp3) is 0.947. The summed E-state index contributed by atoms with van der Waals surface area (Å²) in [5.74, 6) is -3.53. The van der Waals surface area contributed by atoms with E-state index in [-0.39, 0.29) is 12.3 Å². The molecule has 0 aliphatic carbocycles. The van der Waals surface area contributed by atoms with Crippen LogP contribution in [0.2, 0.25) is 0 Å². The van der Waals surface area contributed by atoms with E-state index in [1.807, 2.05) is 6.92 Å². The quantitative estimate of drug-likeness (QED) is 0.443. The average Bonchev–Trinajstić information content (AvgIpc) is 2.50. The van der Waals surface area contributed by atoms with Crippen LogP contribution < -0.4 is 0 Å². The van der Waals surface area contributed by atoms with Gasteiger partial charge in [-0.15, -0.1) is 0 Å². The Morgan fingerprint density at radius 2 is 1.48 bits per heavy atom. The third-order valence-electron chi connectivity index (χ3n) is 4.03. The number of carboxylic acids is 1. The van der Waals surface area contributed by atoms with Crippen LogP contribution in [0.15, 0.2) is 0 Å². The van der Waals surface area contributed by atoms with Crippen LogP contribution in [-0.2, 0) is 4.79 Å². The maximum absolute atomic E-state index is 11.3. The van der Waals surface area contributed by atoms with Crippen LogP contribution in [0.25, 0.3) is 0 Å². The first-order chi connectivity index (χ1) is 12.1. The fourth-order valence-electron chi connectivity index (χ4n) is 2.50. The summed E-state index contributed by atoms with van der Waals surface area (Å²) >= 11 is 0. The zero-order valence-corrected chi connectivity index (χ0v) is 14.2. The van der Waals surface area contributed by atoms with Crippen LogP contribution in [0, 0.1) is 23.6 Å². The summed E-state index contributed by atoms with van der Waals surface area (Å²) in [5, 5.41) is 9.19. The molecule has 0 amide bonds. The van der Waals surface area contributed by atoms with Crippen molar-refractivity contribution in [2.24, 2.45) is 23.6 Å². The first-order valence-electron chi connectivity index (χ1n) is 11.4. The summed E-state index contributed by atoms with van der Waals surface area (Å²) in [6.07, 6.45) is 4.25. The number of hydrogen-bond acceptors (Lipinski definition) is 1. The second-order valence-electron chi connectivity index (χ2n) is 6.86. The van der Waals surface area contributed by atoms with E-state index in [1.54, 1.807) is 0 Å². The Morgan fingerprint density at radius 3 is 1.90 bits per heavy atom. The molecule has 0 saturated heterocycles. The van der Waals surface area contributed by atoms with Gasteiger partial charge < -0.3 is 5.11 Å². The van der Waals surface area contributed by atoms with Crippen molar-refractivity contribution in [3.63, 3.8) is 0 Å². The molecule has 3 atom stereocenters. The van der Waals surface area contributed by atoms with Crippen LogP contribution in [0.1, 0.15) is 101 Å². The van der Waals surface area contributed by atoms with Gasteiger partial charge in [0.1, 0.15) is 0 Å². The van der Waals surface area contributed by atoms with Crippen molar-refractivity contribution in [2.75, 3.05) is 0 Å². The van der Waals surface area contributed by atoms with E-state index < -0.39 is 25.1 Å². The summed E-state index contributed by atoms with van der Waals surface area (Å²) in [6, 6.07) is 0. The molecule has 1 N–H and O–H groups in total. The van der Waals surface area contributed by atoms with Gasteiger partial charge in [0.05, 0.1) is 5.89 Å². The van der Waals surface area contributed by atoms with E-state index in [9.17, 15) is 9.90 Å². The summed E-state index contributed by atoms with van der Waals surface area (Å²) in [7, 11) is 0. The lowest BCUT2D eigenvalue weighted by Crippen LogP contribution is -2.09. The smallest absolute Gasteiger partial charge is 0.306 e. The summed E-state index contributed by atoms with van der Waals surface area (Å²) in [4.78, 5) is 11.3. The largest absolute Gasteiger partial charge is 0.481 e. The van der Waals surface area contributed by atoms with Gasteiger partial charge in [0.2, 0.25) is 0 Å². The standard InChI is InChI=1S/C19H38O2/c1-15(2)9-6-10-16(3)11-7-12-17(4)13-8-14-18(5)19(20)21/h15-18H,6-14H2,1-5H3,(H,20,21)/i5D3,14D2,18D. The van der Waals surface area contributed by atoms with E-state index in [2.05, 4.69) is 20.8 Å². The van der Waals surface area contributed by atoms with Crippen molar-refractivity contribution in [1.82, 2.24) is 0 Å². The van der Waals surface area contributed by atoms with Gasteiger partial charge in [0, 0.05) is 8.22 Å². The van der Waals surface area contributed by atoms with E-state index in [1.165, 1.54) is 19.3 Å². The van der Waals surface area contributed by atoms with Gasteiger partial charge in [-0.05, 0) is 24.1 Å². The van der Waals surface area contributed by atoms with Crippen LogP contribution in [0.4, 0.5) is 0 Å². The Hall–Kier alpha value is -0.530. The molecule has 0 saturated carbocycles. The topological polar surface area (TPSA) is 37.3 Å². The molecule has 0 fully saturated rings. The predicted molar refractivity (Wildman–Crippen MR) is 91.5 cm³/mol. The van der Waals surface area contributed by atoms with Gasteiger partial charge in [-0.1, -0.05) is 85.9 Å². The van der Waals surface area contributed by atoms with Crippen LogP contribution in [0.5, 0.6) is 0 Å². The molecule has 21 heavy (non-hydrogen) atoms. The number of carboxylic acid groups (broad SMARTS) is 1. The highest BCUT2D eigenvalue weighted by Gasteiger charge is 2.11. The van der Waals surface area contributed by atoms with Gasteiger partial charge in [-0.2, -0.15) is 0 Å². The first-order valence-corrected chi connectivity index (χ1v) is 8.38. The highest BCUT2D eigenvalue weighted by Crippen LogP contribution is 2.22. The van der Waals surface area contributed by atoms with Crippen molar-refractivity contribution >= 4 is 5.97 Å². The molecule has 0 aliphatic heterocycles. The highest BCUT2D eigenvalue weighted by atomic mass is 16.4. The molecule has 0 bridgehead atoms. The first kappa shape index (κ1) is 12.0. The second-order valence-corrected chi connectivity index (χ2v) is 6.86. The Bertz CT molecular complexity index is 450. The van der Waals surface area contributed by atoms with Crippen molar-refractivity contribution in [3.05, 3.63) is 0 Å². The molecule has 2 heteroatoms. The second kappa shape index (κ2) is 12.1. The molecule has 0 spiro atoms. The van der Waals surface area contributed by atoms with Gasteiger partial charge in [0.25, 0.3) is 0 Å². The minimum atomic E-state index is -3.23. The molecule has 126 valence electrons. The molecular formula is C19H38O2. The number of carbonyl (C=O) groups is 1. The normalized spacial score (nSPS) is 22.9. The number of rotatable bonds is 13. The predicted octanol–water partition coefficient (Wildman–Crippen LogP) is 6.15. The maximum Gasteiger partial charge on any atom is 0.306 e. The maximum atomic E-state index is 11.3. The Labute approximate surface area is 141 Å². The van der Waals surface area contributed by atoms with Gasteiger partial charge in [-0.25, -0.2) is 0 Å². The van der Waals surface area contributed by atoms with Gasteiger partial charge in [0.15, 0.2) is 0 Å². The van der Waals surface area contributed by atoms with Crippen LogP contribution in [0.3, 0.4) is 0 Å². The van der Waals surface area contributed by atoms with E-state index >= 15 is 0 Å². The fourth-order valence-corrected chi connectivity index (χ4v) is 2.50. The van der Waals surface area contributed by atoms with Crippen molar-refractivity contribution in [2.45, 2.75) is 92.3 Å². The molecule has 2 nitrogen and oxygen atoms in total. The molecule has 0 aromatic carbocycles. The minimum absolute atomic E-state index is 0.164. The molecule has 0 heterocycles. The van der Waals surface area contributed by atoms with Crippen molar-refractivity contribution < 1.29 is 18.1 Å². The monoisotopic (exact) mass is 304 g/mol. The van der Waals surface area contributed by atoms with E-state index in [4.69, 9.17) is 8.22 Å². The van der Waals surface area contributed by atoms with E-state index in [0.717, 1.165) is 25.2 Å². The highest BCUT2D eigenvalue weighted by molar-refractivity contribution is 5.69. The molecule has 3 unspecified atom stereocenters. The number of hydrogen-bond donors (Lipinski definition) is 1. The lowest BCUT2D eigenvalue weighted by Gasteiger charge is -2.15. The van der Waals surface area contributed by atoms with Crippen molar-refractivity contribution in [1.29, 1.82) is 0 Å². The van der Waals surface area contributed by atoms with Gasteiger partial charge >= 0.3 is 5.97 Å². The molecule has 0 rings (SSSR count). The lowest BCUT2D eigenvalue weighted by molar-refractivity contribution is -0.141. The Morgan fingerprint density at radius 1 is 1.00 bits per heavy atom. The molecule has 0 aromatic rings. The molecule has 0 aromatic heterocycles. The Balaban J connectivity index is 4.44. The molecule has 0 aliphatic rings. The summed E-state index contributed by atoms with van der Waals surface area (Å²) in [6.45, 7) is 5.46. The van der Waals surface area contributed by atoms with Crippen LogP contribution >= 0.6 is 0 Å². The Kier molecular flexibility index (Phi) is 6.87. The van der Waals surface area contributed by atoms with E-state index in [0.29, 0.717) is 12.3 Å². The number of aliphatic carboxylic acids is 1. The zero-order valence-electron chi connectivity index (χ0n) is 20.2. The third kappa shape index (κ3) is 12.9. The lowest BCUT2D eigenvalue weighted by atomic mass is 9.91. The van der Waals surface area contributed by atoms with Gasteiger partial charge in [-0.3, -0.25) is 4.79 Å². The summed E-state index contributed by atoms with van der Waals surface area (Å²) < 4.78 is 45.7. The molecule has 0 radical (unpaired) electrons. The summed E-state index contributed by atoms with van der Waals surface area (Å²) in [5.41, 5.74) is 0.